The van der Waals surface area contributed by atoms with Crippen LogP contribution in [-0.4, -0.2) is 33.3 Å². The zero-order chi connectivity index (χ0) is 18.1. The van der Waals surface area contributed by atoms with Gasteiger partial charge in [-0.1, -0.05) is 11.3 Å². The molecule has 2 aromatic rings. The van der Waals surface area contributed by atoms with E-state index in [1.54, 1.807) is 13.2 Å². The van der Waals surface area contributed by atoms with Crippen LogP contribution in [0.15, 0.2) is 23.0 Å². The molecule has 1 aliphatic rings. The molecule has 0 saturated heterocycles. The molecule has 25 heavy (non-hydrogen) atoms. The van der Waals surface area contributed by atoms with Crippen LogP contribution in [0.4, 0.5) is 0 Å². The van der Waals surface area contributed by atoms with Crippen LogP contribution in [0.1, 0.15) is 31.8 Å². The van der Waals surface area contributed by atoms with Gasteiger partial charge in [0.15, 0.2) is 0 Å². The Morgan fingerprint density at radius 2 is 1.68 bits per heavy atom. The number of hydrogen-bond acceptors (Lipinski definition) is 7. The van der Waals surface area contributed by atoms with Gasteiger partial charge in [-0.25, -0.2) is 9.59 Å². The number of benzene rings is 1. The quantitative estimate of drug-likeness (QED) is 0.783. The highest BCUT2D eigenvalue weighted by Crippen LogP contribution is 2.39. The molecular formula is C18H16O6S. The zero-order valence-electron chi connectivity index (χ0n) is 14.0. The van der Waals surface area contributed by atoms with Crippen LogP contribution in [0.2, 0.25) is 0 Å². The predicted molar refractivity (Wildman–Crippen MR) is 92.7 cm³/mol. The second kappa shape index (κ2) is 6.68. The highest BCUT2D eigenvalue weighted by molar-refractivity contribution is 7.13. The summed E-state index contributed by atoms with van der Waals surface area (Å²) in [4.78, 5) is 37.6. The Morgan fingerprint density at radius 1 is 1.00 bits per heavy atom. The number of fused-ring (bicyclic) bond motifs is 3. The average molecular weight is 360 g/mol. The summed E-state index contributed by atoms with van der Waals surface area (Å²) in [6.07, 6.45) is 1.18. The molecule has 0 saturated carbocycles. The summed E-state index contributed by atoms with van der Waals surface area (Å²) in [5.41, 5.74) is 2.30. The van der Waals surface area contributed by atoms with E-state index in [9.17, 15) is 14.4 Å². The molecule has 6 nitrogen and oxygen atoms in total. The molecule has 0 spiro atoms. The summed E-state index contributed by atoms with van der Waals surface area (Å²) in [5.74, 6) is -0.808. The van der Waals surface area contributed by atoms with Crippen molar-refractivity contribution in [3.63, 3.8) is 0 Å². The Labute approximate surface area is 148 Å². The first-order valence-electron chi connectivity index (χ1n) is 7.55. The summed E-state index contributed by atoms with van der Waals surface area (Å²) in [5, 5.41) is 0. The van der Waals surface area contributed by atoms with E-state index in [1.165, 1.54) is 14.2 Å². The number of carbonyl (C=O) groups is 2. The van der Waals surface area contributed by atoms with Gasteiger partial charge in [-0.2, -0.15) is 0 Å². The van der Waals surface area contributed by atoms with E-state index in [2.05, 4.69) is 4.74 Å². The monoisotopic (exact) mass is 360 g/mol. The summed E-state index contributed by atoms with van der Waals surface area (Å²) in [6, 6.07) is 5.58. The van der Waals surface area contributed by atoms with Crippen LogP contribution in [0.3, 0.4) is 0 Å². The van der Waals surface area contributed by atoms with Crippen molar-refractivity contribution in [3.05, 3.63) is 50.0 Å². The predicted octanol–water partition coefficient (Wildman–Crippen LogP) is 2.46. The van der Waals surface area contributed by atoms with Crippen molar-refractivity contribution in [2.45, 2.75) is 12.8 Å². The molecule has 1 aromatic carbocycles. The van der Waals surface area contributed by atoms with Crippen LogP contribution >= 0.6 is 11.3 Å². The maximum absolute atomic E-state index is 12.6. The molecule has 0 N–H and O–H groups in total. The normalized spacial score (nSPS) is 12.0. The van der Waals surface area contributed by atoms with E-state index >= 15 is 0 Å². The van der Waals surface area contributed by atoms with E-state index in [4.69, 9.17) is 9.47 Å². The standard InChI is InChI=1S/C18H16O6S/c1-22-10-5-7-11-9(8-10)4-6-12-13(16(19)23-2)14(17(20)24-3)18(21)25-15(11)12/h5,7-8H,4,6H2,1-3H3. The second-order valence-electron chi connectivity index (χ2n) is 5.45. The summed E-state index contributed by atoms with van der Waals surface area (Å²) >= 11 is 0.943. The molecule has 1 aliphatic carbocycles. The van der Waals surface area contributed by atoms with Crippen LogP contribution in [0.25, 0.3) is 10.4 Å². The Bertz CT molecular complexity index is 928. The van der Waals surface area contributed by atoms with Crippen molar-refractivity contribution in [2.75, 3.05) is 21.3 Å². The first-order chi connectivity index (χ1) is 12.0. The molecule has 7 heteroatoms. The van der Waals surface area contributed by atoms with Crippen LogP contribution in [0, 0.1) is 0 Å². The van der Waals surface area contributed by atoms with Crippen LogP contribution in [0.5, 0.6) is 5.75 Å². The van der Waals surface area contributed by atoms with Crippen molar-refractivity contribution in [3.8, 4) is 16.2 Å². The fourth-order valence-corrected chi connectivity index (χ4v) is 4.14. The maximum Gasteiger partial charge on any atom is 0.343 e. The van der Waals surface area contributed by atoms with Gasteiger partial charge in [-0.15, -0.1) is 0 Å². The molecule has 0 radical (unpaired) electrons. The fourth-order valence-electron chi connectivity index (χ4n) is 3.03. The Balaban J connectivity index is 2.32. The van der Waals surface area contributed by atoms with E-state index in [-0.39, 0.29) is 11.1 Å². The molecule has 3 rings (SSSR count). The van der Waals surface area contributed by atoms with Gasteiger partial charge in [0.25, 0.3) is 0 Å². The number of carbonyl (C=O) groups excluding carboxylic acids is 2. The Hall–Kier alpha value is -2.67. The SMILES string of the molecule is COC(=O)c1c2c(sc(=O)c1C(=O)OC)-c1ccc(OC)cc1CC2. The smallest absolute Gasteiger partial charge is 0.343 e. The fraction of sp³-hybridized carbons (Fsp3) is 0.278. The summed E-state index contributed by atoms with van der Waals surface area (Å²) in [6.45, 7) is 0. The van der Waals surface area contributed by atoms with E-state index in [1.807, 2.05) is 12.1 Å². The summed E-state index contributed by atoms with van der Waals surface area (Å²) in [7, 11) is 3.99. The molecule has 0 aliphatic heterocycles. The third-order valence-corrected chi connectivity index (χ3v) is 5.27. The minimum absolute atomic E-state index is 0.00886. The molecule has 0 fully saturated rings. The third kappa shape index (κ3) is 2.80. The number of esters is 2. The van der Waals surface area contributed by atoms with Crippen LogP contribution < -0.4 is 9.48 Å². The molecule has 0 unspecified atom stereocenters. The van der Waals surface area contributed by atoms with Gasteiger partial charge in [0.1, 0.15) is 11.3 Å². The molecule has 0 bridgehead atoms. The van der Waals surface area contributed by atoms with Gasteiger partial charge in [0.2, 0.25) is 4.74 Å². The minimum atomic E-state index is -0.829. The van der Waals surface area contributed by atoms with Crippen molar-refractivity contribution in [2.24, 2.45) is 0 Å². The minimum Gasteiger partial charge on any atom is -0.497 e. The number of aryl methyl sites for hydroxylation is 1. The molecule has 0 atom stereocenters. The van der Waals surface area contributed by atoms with Crippen molar-refractivity contribution in [1.82, 2.24) is 0 Å². The topological polar surface area (TPSA) is 78.9 Å². The van der Waals surface area contributed by atoms with Gasteiger partial charge >= 0.3 is 11.9 Å². The van der Waals surface area contributed by atoms with Gasteiger partial charge < -0.3 is 14.2 Å². The largest absolute Gasteiger partial charge is 0.497 e. The van der Waals surface area contributed by atoms with E-state index in [0.29, 0.717) is 23.3 Å². The average Bonchev–Trinajstić information content (AvgIpc) is 2.64. The highest BCUT2D eigenvalue weighted by Gasteiger charge is 2.31. The van der Waals surface area contributed by atoms with E-state index < -0.39 is 16.7 Å². The van der Waals surface area contributed by atoms with Crippen molar-refractivity contribution < 1.29 is 23.8 Å². The Morgan fingerprint density at radius 3 is 2.32 bits per heavy atom. The molecule has 130 valence electrons. The lowest BCUT2D eigenvalue weighted by Crippen LogP contribution is -2.24. The molecule has 1 aromatic heterocycles. The van der Waals surface area contributed by atoms with Gasteiger partial charge in [-0.05, 0) is 47.7 Å². The molecule has 0 amide bonds. The lowest BCUT2D eigenvalue weighted by Gasteiger charge is -2.22. The first kappa shape index (κ1) is 17.2. The molecule has 1 heterocycles. The van der Waals surface area contributed by atoms with Gasteiger partial charge in [0, 0.05) is 4.88 Å². The maximum atomic E-state index is 12.6. The van der Waals surface area contributed by atoms with Crippen molar-refractivity contribution >= 4 is 23.3 Å². The molecular weight excluding hydrogens is 344 g/mol. The number of hydrogen-bond donors (Lipinski definition) is 0. The lowest BCUT2D eigenvalue weighted by atomic mass is 9.87. The van der Waals surface area contributed by atoms with E-state index in [0.717, 1.165) is 28.2 Å². The number of methoxy groups -OCH3 is 3. The highest BCUT2D eigenvalue weighted by atomic mass is 32.1. The third-order valence-electron chi connectivity index (χ3n) is 4.21. The zero-order valence-corrected chi connectivity index (χ0v) is 14.8. The lowest BCUT2D eigenvalue weighted by molar-refractivity contribution is 0.0553. The Kier molecular flexibility index (Phi) is 4.59. The van der Waals surface area contributed by atoms with Gasteiger partial charge in [-0.3, -0.25) is 4.79 Å². The number of rotatable bonds is 3. The van der Waals surface area contributed by atoms with Gasteiger partial charge in [0.05, 0.1) is 26.9 Å². The van der Waals surface area contributed by atoms with Crippen LogP contribution in [-0.2, 0) is 22.3 Å². The summed E-state index contributed by atoms with van der Waals surface area (Å²) < 4.78 is 14.2. The second-order valence-corrected chi connectivity index (χ2v) is 6.44. The first-order valence-corrected chi connectivity index (χ1v) is 8.37. The van der Waals surface area contributed by atoms with Crippen molar-refractivity contribution in [1.29, 1.82) is 0 Å². The number of ether oxygens (including phenoxy) is 3.